The third-order valence-electron chi connectivity index (χ3n) is 2.51. The maximum absolute atomic E-state index is 11.9. The highest BCUT2D eigenvalue weighted by atomic mass is 16.5. The Labute approximate surface area is 117 Å². The molecule has 0 aliphatic rings. The molecule has 0 heterocycles. The number of carbonyl (C=O) groups excluding carboxylic acids is 1. The van der Waals surface area contributed by atoms with Gasteiger partial charge in [0.05, 0.1) is 17.8 Å². The maximum Gasteiger partial charge on any atom is 0.303 e. The van der Waals surface area contributed by atoms with Crippen molar-refractivity contribution in [3.8, 4) is 5.75 Å². The van der Waals surface area contributed by atoms with Crippen LogP contribution in [0.2, 0.25) is 0 Å². The molecule has 6 heteroatoms. The Balaban J connectivity index is 2.67. The molecule has 0 aliphatic carbocycles. The van der Waals surface area contributed by atoms with Crippen LogP contribution in [0.1, 0.15) is 26.7 Å². The van der Waals surface area contributed by atoms with Crippen LogP contribution in [0, 0.1) is 0 Å². The highest BCUT2D eigenvalue weighted by Crippen LogP contribution is 2.25. The van der Waals surface area contributed by atoms with Crippen molar-refractivity contribution < 1.29 is 19.4 Å². The lowest BCUT2D eigenvalue weighted by Gasteiger charge is -2.16. The number of ether oxygens (including phenoxy) is 1. The fourth-order valence-corrected chi connectivity index (χ4v) is 1.56. The molecule has 0 aromatic heterocycles. The van der Waals surface area contributed by atoms with Crippen LogP contribution < -0.4 is 15.8 Å². The van der Waals surface area contributed by atoms with Crippen LogP contribution in [-0.2, 0) is 9.59 Å². The summed E-state index contributed by atoms with van der Waals surface area (Å²) in [6.45, 7) is 3.77. The molecule has 0 aliphatic heterocycles. The molecule has 6 nitrogen and oxygen atoms in total. The molecule has 1 aromatic rings. The minimum absolute atomic E-state index is 0.0197. The zero-order valence-electron chi connectivity index (χ0n) is 11.6. The fourth-order valence-electron chi connectivity index (χ4n) is 1.56. The molecular weight excluding hydrogens is 260 g/mol. The molecule has 0 saturated carbocycles. The lowest BCUT2D eigenvalue weighted by atomic mass is 10.1. The molecule has 0 bridgehead atoms. The van der Waals surface area contributed by atoms with Gasteiger partial charge in [-0.1, -0.05) is 12.1 Å². The van der Waals surface area contributed by atoms with E-state index in [4.69, 9.17) is 15.6 Å². The number of carbonyl (C=O) groups is 2. The average molecular weight is 280 g/mol. The first-order chi connectivity index (χ1) is 9.40. The second kappa shape index (κ2) is 7.49. The molecule has 1 aromatic carbocycles. The smallest absolute Gasteiger partial charge is 0.303 e. The molecule has 1 rings (SSSR count). The Morgan fingerprint density at radius 2 is 2.00 bits per heavy atom. The predicted octanol–water partition coefficient (Wildman–Crippen LogP) is 1.60. The third-order valence-corrected chi connectivity index (χ3v) is 2.51. The summed E-state index contributed by atoms with van der Waals surface area (Å²) in [5, 5.41) is 11.2. The van der Waals surface area contributed by atoms with Crippen molar-refractivity contribution in [1.29, 1.82) is 0 Å². The van der Waals surface area contributed by atoms with Gasteiger partial charge in [0.2, 0.25) is 5.91 Å². The summed E-state index contributed by atoms with van der Waals surface area (Å²) >= 11 is 0. The first-order valence-corrected chi connectivity index (χ1v) is 6.44. The normalized spacial score (nSPS) is 12.0. The van der Waals surface area contributed by atoms with Crippen LogP contribution in [0.4, 0.5) is 5.69 Å². The van der Waals surface area contributed by atoms with Gasteiger partial charge in [-0.25, -0.2) is 0 Å². The first kappa shape index (κ1) is 16.0. The summed E-state index contributed by atoms with van der Waals surface area (Å²) in [4.78, 5) is 22.3. The van der Waals surface area contributed by atoms with E-state index in [0.717, 1.165) is 0 Å². The van der Waals surface area contributed by atoms with Crippen molar-refractivity contribution in [2.45, 2.75) is 38.8 Å². The number of carboxylic acids is 1. The second-order valence-corrected chi connectivity index (χ2v) is 4.69. The van der Waals surface area contributed by atoms with Crippen molar-refractivity contribution in [2.75, 3.05) is 5.32 Å². The van der Waals surface area contributed by atoms with Gasteiger partial charge in [-0.3, -0.25) is 9.59 Å². The van der Waals surface area contributed by atoms with Gasteiger partial charge in [0, 0.05) is 6.42 Å². The molecule has 0 spiro atoms. The summed E-state index contributed by atoms with van der Waals surface area (Å²) < 4.78 is 5.57. The van der Waals surface area contributed by atoms with Gasteiger partial charge in [-0.05, 0) is 32.4 Å². The predicted molar refractivity (Wildman–Crippen MR) is 75.7 cm³/mol. The van der Waals surface area contributed by atoms with E-state index in [-0.39, 0.29) is 18.9 Å². The summed E-state index contributed by atoms with van der Waals surface area (Å²) in [7, 11) is 0. The van der Waals surface area contributed by atoms with Crippen molar-refractivity contribution in [1.82, 2.24) is 0 Å². The minimum Gasteiger partial charge on any atom is -0.489 e. The summed E-state index contributed by atoms with van der Waals surface area (Å²) in [6, 6.07) is 6.17. The molecule has 4 N–H and O–H groups in total. The number of hydrogen-bond acceptors (Lipinski definition) is 4. The highest BCUT2D eigenvalue weighted by Gasteiger charge is 2.16. The van der Waals surface area contributed by atoms with Crippen LogP contribution in [-0.4, -0.2) is 29.1 Å². The Kier molecular flexibility index (Phi) is 5.99. The number of nitrogens with two attached hydrogens (primary N) is 1. The number of benzene rings is 1. The van der Waals surface area contributed by atoms with Crippen molar-refractivity contribution >= 4 is 17.6 Å². The molecular formula is C14H20N2O4. The van der Waals surface area contributed by atoms with E-state index >= 15 is 0 Å². The number of rotatable bonds is 7. The van der Waals surface area contributed by atoms with Gasteiger partial charge in [0.15, 0.2) is 0 Å². The van der Waals surface area contributed by atoms with Crippen molar-refractivity contribution in [3.63, 3.8) is 0 Å². The Morgan fingerprint density at radius 3 is 2.60 bits per heavy atom. The third kappa shape index (κ3) is 5.27. The van der Waals surface area contributed by atoms with E-state index in [9.17, 15) is 9.59 Å². The van der Waals surface area contributed by atoms with Crippen molar-refractivity contribution in [2.24, 2.45) is 5.73 Å². The summed E-state index contributed by atoms with van der Waals surface area (Å²) in [6.07, 6.45) is -0.0682. The number of anilines is 1. The van der Waals surface area contributed by atoms with Gasteiger partial charge in [-0.15, -0.1) is 0 Å². The van der Waals surface area contributed by atoms with Crippen LogP contribution in [0.3, 0.4) is 0 Å². The lowest BCUT2D eigenvalue weighted by Crippen LogP contribution is -2.36. The molecule has 0 fully saturated rings. The van der Waals surface area contributed by atoms with Crippen LogP contribution >= 0.6 is 0 Å². The zero-order valence-corrected chi connectivity index (χ0v) is 11.6. The SMILES string of the molecule is CC(C)Oc1ccccc1NC(=O)C(N)CCC(=O)O. The van der Waals surface area contributed by atoms with E-state index in [1.807, 2.05) is 13.8 Å². The summed E-state index contributed by atoms with van der Waals surface area (Å²) in [5.74, 6) is -0.843. The Hall–Kier alpha value is -2.08. The van der Waals surface area contributed by atoms with E-state index < -0.39 is 17.9 Å². The monoisotopic (exact) mass is 280 g/mol. The number of para-hydroxylation sites is 2. The molecule has 20 heavy (non-hydrogen) atoms. The minimum atomic E-state index is -0.975. The molecule has 0 saturated heterocycles. The molecule has 1 atom stereocenters. The number of aliphatic carboxylic acids is 1. The van der Waals surface area contributed by atoms with E-state index in [1.165, 1.54) is 0 Å². The number of hydrogen-bond donors (Lipinski definition) is 3. The quantitative estimate of drug-likeness (QED) is 0.704. The summed E-state index contributed by atoms with van der Waals surface area (Å²) in [5.41, 5.74) is 6.17. The maximum atomic E-state index is 11.9. The topological polar surface area (TPSA) is 102 Å². The lowest BCUT2D eigenvalue weighted by molar-refractivity contribution is -0.137. The molecule has 110 valence electrons. The van der Waals surface area contributed by atoms with Gasteiger partial charge in [0.1, 0.15) is 5.75 Å². The zero-order chi connectivity index (χ0) is 15.1. The van der Waals surface area contributed by atoms with Gasteiger partial charge >= 0.3 is 5.97 Å². The fraction of sp³-hybridized carbons (Fsp3) is 0.429. The first-order valence-electron chi connectivity index (χ1n) is 6.44. The standard InChI is InChI=1S/C14H20N2O4/c1-9(2)20-12-6-4-3-5-11(12)16-14(19)10(15)7-8-13(17)18/h3-6,9-10H,7-8,15H2,1-2H3,(H,16,19)(H,17,18). The van der Waals surface area contributed by atoms with Gasteiger partial charge in [0.25, 0.3) is 0 Å². The number of amides is 1. The van der Waals surface area contributed by atoms with Crippen LogP contribution in [0.25, 0.3) is 0 Å². The van der Waals surface area contributed by atoms with Gasteiger partial charge in [-0.2, -0.15) is 0 Å². The van der Waals surface area contributed by atoms with Gasteiger partial charge < -0.3 is 20.9 Å². The van der Waals surface area contributed by atoms with Crippen LogP contribution in [0.15, 0.2) is 24.3 Å². The number of nitrogens with one attached hydrogen (secondary N) is 1. The van der Waals surface area contributed by atoms with E-state index in [0.29, 0.717) is 11.4 Å². The van der Waals surface area contributed by atoms with E-state index in [1.54, 1.807) is 24.3 Å². The second-order valence-electron chi connectivity index (χ2n) is 4.69. The molecule has 1 amide bonds. The Bertz CT molecular complexity index is 474. The molecule has 1 unspecified atom stereocenters. The highest BCUT2D eigenvalue weighted by molar-refractivity contribution is 5.96. The number of carboxylic acid groups (broad SMARTS) is 1. The Morgan fingerprint density at radius 1 is 1.35 bits per heavy atom. The van der Waals surface area contributed by atoms with Crippen LogP contribution in [0.5, 0.6) is 5.75 Å². The molecule has 0 radical (unpaired) electrons. The van der Waals surface area contributed by atoms with E-state index in [2.05, 4.69) is 5.32 Å². The average Bonchev–Trinajstić information content (AvgIpc) is 2.37. The largest absolute Gasteiger partial charge is 0.489 e. The van der Waals surface area contributed by atoms with Crippen molar-refractivity contribution in [3.05, 3.63) is 24.3 Å².